The van der Waals surface area contributed by atoms with Gasteiger partial charge in [-0.25, -0.2) is 7.11 Å². The zero-order chi connectivity index (χ0) is 6.71. The Bertz CT molecular complexity index is 14.9. The van der Waals surface area contributed by atoms with Crippen molar-refractivity contribution in [2.45, 2.75) is 0 Å². The SMILES string of the molecule is CO.CO.[CH2-]OC.[CH3-].[Zn].[Zn]. The van der Waals surface area contributed by atoms with Gasteiger partial charge in [-0.15, -0.1) is 0 Å². The molecule has 0 unspecified atom stereocenters. The van der Waals surface area contributed by atoms with Crippen LogP contribution in [0.15, 0.2) is 0 Å². The summed E-state index contributed by atoms with van der Waals surface area (Å²) in [5.74, 6) is 0. The number of hydrogen-bond donors (Lipinski definition) is 2. The largest absolute Gasteiger partial charge is 0.557 e. The predicted molar refractivity (Wildman–Crippen MR) is 35.1 cm³/mol. The zero-order valence-corrected chi connectivity index (χ0v) is 13.4. The second-order valence-electron chi connectivity index (χ2n) is 0.289. The molecule has 2 N–H and O–H groups in total. The summed E-state index contributed by atoms with van der Waals surface area (Å²) in [6, 6.07) is 0. The van der Waals surface area contributed by atoms with E-state index in [1.807, 2.05) is 0 Å². The quantitative estimate of drug-likeness (QED) is 0.476. The molecule has 0 amide bonds. The summed E-state index contributed by atoms with van der Waals surface area (Å²) in [5.41, 5.74) is 0. The first-order chi connectivity index (χ1) is 3.41. The van der Waals surface area contributed by atoms with Crippen LogP contribution < -0.4 is 0 Å². The molecule has 0 aromatic carbocycles. The smallest absolute Gasteiger partial charge is 0.0319 e. The first-order valence-corrected chi connectivity index (χ1v) is 1.59. The number of ether oxygens (including phenoxy) is 1. The van der Waals surface area contributed by atoms with Gasteiger partial charge in [-0.3, -0.25) is 0 Å². The van der Waals surface area contributed by atoms with E-state index >= 15 is 0 Å². The third kappa shape index (κ3) is 475. The van der Waals surface area contributed by atoms with E-state index in [0.29, 0.717) is 0 Å². The molecule has 0 saturated carbocycles. The van der Waals surface area contributed by atoms with E-state index in [0.717, 1.165) is 14.2 Å². The average molecular weight is 255 g/mol. The van der Waals surface area contributed by atoms with Gasteiger partial charge in [0, 0.05) is 53.2 Å². The number of hydrogen-bond acceptors (Lipinski definition) is 3. The van der Waals surface area contributed by atoms with Crippen molar-refractivity contribution in [1.29, 1.82) is 0 Å². The van der Waals surface area contributed by atoms with Crippen LogP contribution in [0, 0.1) is 14.5 Å². The first-order valence-electron chi connectivity index (χ1n) is 1.59. The summed E-state index contributed by atoms with van der Waals surface area (Å²) < 4.78 is 4.00. The molecule has 0 aliphatic heterocycles. The van der Waals surface area contributed by atoms with Crippen molar-refractivity contribution in [2.75, 3.05) is 21.3 Å². The van der Waals surface area contributed by atoms with Crippen LogP contribution in [0.1, 0.15) is 0 Å². The van der Waals surface area contributed by atoms with Crippen molar-refractivity contribution in [2.24, 2.45) is 0 Å². The van der Waals surface area contributed by atoms with Crippen LogP contribution in [-0.4, -0.2) is 31.5 Å². The number of methoxy groups -OCH3 is 1. The minimum Gasteiger partial charge on any atom is -0.557 e. The van der Waals surface area contributed by atoms with E-state index in [9.17, 15) is 0 Å². The minimum atomic E-state index is 0. The molecule has 3 nitrogen and oxygen atoms in total. The van der Waals surface area contributed by atoms with Gasteiger partial charge < -0.3 is 22.4 Å². The fourth-order valence-electron chi connectivity index (χ4n) is 0. The molecular formula is C5H16O3Zn2-2. The van der Waals surface area contributed by atoms with E-state index < -0.39 is 0 Å². The van der Waals surface area contributed by atoms with Crippen LogP contribution in [0.3, 0.4) is 0 Å². The molecule has 0 fully saturated rings. The van der Waals surface area contributed by atoms with Gasteiger partial charge in [0.25, 0.3) is 0 Å². The van der Waals surface area contributed by atoms with Crippen LogP contribution >= 0.6 is 0 Å². The molecule has 0 aromatic heterocycles. The number of aliphatic hydroxyl groups excluding tert-OH is 2. The Labute approximate surface area is 89.7 Å². The average Bonchev–Trinajstić information content (AvgIpc) is 1.78. The van der Waals surface area contributed by atoms with Crippen LogP contribution in [-0.2, 0) is 43.7 Å². The maximum Gasteiger partial charge on any atom is 0.0319 e. The fourth-order valence-corrected chi connectivity index (χ4v) is 0. The summed E-state index contributed by atoms with van der Waals surface area (Å²) in [6.07, 6.45) is 0. The molecule has 0 saturated heterocycles. The predicted octanol–water partition coefficient (Wildman–Crippen LogP) is 0.0867. The van der Waals surface area contributed by atoms with E-state index in [1.165, 1.54) is 7.11 Å². The van der Waals surface area contributed by atoms with Gasteiger partial charge in [0.05, 0.1) is 0 Å². The van der Waals surface area contributed by atoms with Crippen molar-refractivity contribution < 1.29 is 53.9 Å². The Balaban J connectivity index is -0.00000000536. The van der Waals surface area contributed by atoms with Gasteiger partial charge in [-0.05, 0) is 7.11 Å². The van der Waals surface area contributed by atoms with Gasteiger partial charge in [0.2, 0.25) is 0 Å². The minimum absolute atomic E-state index is 0. The third-order valence-electron chi connectivity index (χ3n) is 0. The monoisotopic (exact) mass is 252 g/mol. The molecule has 0 aliphatic rings. The van der Waals surface area contributed by atoms with E-state index in [2.05, 4.69) is 11.8 Å². The molecule has 0 aromatic rings. The maximum atomic E-state index is 7.00. The Hall–Kier alpha value is 1.13. The Morgan fingerprint density at radius 1 is 1.00 bits per heavy atom. The Kier molecular flexibility index (Phi) is 810. The summed E-state index contributed by atoms with van der Waals surface area (Å²) in [5, 5.41) is 14.0. The van der Waals surface area contributed by atoms with Gasteiger partial charge in [0.15, 0.2) is 0 Å². The van der Waals surface area contributed by atoms with Gasteiger partial charge in [-0.1, -0.05) is 0 Å². The van der Waals surface area contributed by atoms with E-state index in [4.69, 9.17) is 10.2 Å². The van der Waals surface area contributed by atoms with Crippen LogP contribution in [0.25, 0.3) is 0 Å². The second-order valence-corrected chi connectivity index (χ2v) is 0.289. The topological polar surface area (TPSA) is 49.7 Å². The second kappa shape index (κ2) is 186. The summed E-state index contributed by atoms with van der Waals surface area (Å²) in [4.78, 5) is 0. The fraction of sp³-hybridized carbons (Fsp3) is 0.600. The molecule has 0 heterocycles. The van der Waals surface area contributed by atoms with Gasteiger partial charge in [0.1, 0.15) is 0 Å². The molecule has 10 heavy (non-hydrogen) atoms. The summed E-state index contributed by atoms with van der Waals surface area (Å²) in [6.45, 7) is 0. The molecule has 0 atom stereocenters. The van der Waals surface area contributed by atoms with Crippen molar-refractivity contribution in [3.05, 3.63) is 14.5 Å². The van der Waals surface area contributed by atoms with E-state index in [-0.39, 0.29) is 46.4 Å². The zero-order valence-electron chi connectivity index (χ0n) is 7.42. The molecule has 0 radical (unpaired) electrons. The molecule has 0 spiro atoms. The molecular weight excluding hydrogens is 239 g/mol. The van der Waals surface area contributed by atoms with Crippen LogP contribution in [0.5, 0.6) is 0 Å². The maximum absolute atomic E-state index is 7.00. The Morgan fingerprint density at radius 3 is 1.00 bits per heavy atom. The molecule has 60 valence electrons. The number of rotatable bonds is 0. The number of aliphatic hydroxyl groups is 2. The van der Waals surface area contributed by atoms with Gasteiger partial charge >= 0.3 is 0 Å². The molecule has 5 heteroatoms. The van der Waals surface area contributed by atoms with Gasteiger partial charge in [-0.2, -0.15) is 0 Å². The third-order valence-corrected chi connectivity index (χ3v) is 0. The van der Waals surface area contributed by atoms with Crippen LogP contribution in [0.2, 0.25) is 0 Å². The van der Waals surface area contributed by atoms with Crippen molar-refractivity contribution in [3.63, 3.8) is 0 Å². The molecule has 0 bridgehead atoms. The van der Waals surface area contributed by atoms with Crippen LogP contribution in [0.4, 0.5) is 0 Å². The van der Waals surface area contributed by atoms with Crippen molar-refractivity contribution in [3.8, 4) is 0 Å². The standard InChI is InChI=1S/C2H5O.2CH4O.CH3.2Zn/c1-3-2;2*1-2;;;/h1H2,2H3;2*2H,1H3;1H3;;/q-1;;;-1;;. The summed E-state index contributed by atoms with van der Waals surface area (Å²) in [7, 11) is 6.50. The van der Waals surface area contributed by atoms with Crippen molar-refractivity contribution in [1.82, 2.24) is 0 Å². The summed E-state index contributed by atoms with van der Waals surface area (Å²) >= 11 is 0. The first kappa shape index (κ1) is 43.4. The molecule has 0 aliphatic carbocycles. The Morgan fingerprint density at radius 2 is 1.00 bits per heavy atom. The van der Waals surface area contributed by atoms with Crippen molar-refractivity contribution >= 4 is 0 Å². The molecule has 0 rings (SSSR count). The normalized spacial score (nSPS) is 3.00. The van der Waals surface area contributed by atoms with E-state index in [1.54, 1.807) is 0 Å².